The summed E-state index contributed by atoms with van der Waals surface area (Å²) in [7, 11) is 0. The lowest BCUT2D eigenvalue weighted by Crippen LogP contribution is -2.26. The third-order valence-electron chi connectivity index (χ3n) is 4.20. The van der Waals surface area contributed by atoms with Crippen LogP contribution in [0.2, 0.25) is 0 Å². The van der Waals surface area contributed by atoms with Crippen LogP contribution in [0, 0.1) is 23.2 Å². The van der Waals surface area contributed by atoms with E-state index >= 15 is 0 Å². The molecule has 3 unspecified atom stereocenters. The van der Waals surface area contributed by atoms with E-state index in [-0.39, 0.29) is 0 Å². The summed E-state index contributed by atoms with van der Waals surface area (Å²) < 4.78 is 0.883. The number of benzene rings is 1. The molecule has 3 atom stereocenters. The largest absolute Gasteiger partial charge is 0.381 e. The zero-order valence-corrected chi connectivity index (χ0v) is 11.2. The first-order valence-electron chi connectivity index (χ1n) is 6.23. The Hall–Kier alpha value is -1.01. The van der Waals surface area contributed by atoms with E-state index in [9.17, 15) is 5.26 Å². The van der Waals surface area contributed by atoms with Crippen molar-refractivity contribution >= 4 is 21.6 Å². The number of fused-ring (bicyclic) bond motifs is 2. The second-order valence-electron chi connectivity index (χ2n) is 5.20. The molecule has 2 aliphatic rings. The van der Waals surface area contributed by atoms with Gasteiger partial charge in [0, 0.05) is 10.5 Å². The van der Waals surface area contributed by atoms with Crippen LogP contribution >= 0.6 is 15.9 Å². The minimum atomic E-state index is 0.579. The minimum absolute atomic E-state index is 0.579. The highest BCUT2D eigenvalue weighted by Crippen LogP contribution is 2.45. The van der Waals surface area contributed by atoms with Crippen LogP contribution in [0.5, 0.6) is 0 Å². The molecule has 17 heavy (non-hydrogen) atoms. The second-order valence-corrected chi connectivity index (χ2v) is 6.05. The molecule has 1 aromatic carbocycles. The molecule has 2 bridgehead atoms. The normalized spacial score (nSPS) is 30.2. The van der Waals surface area contributed by atoms with Gasteiger partial charge >= 0.3 is 0 Å². The van der Waals surface area contributed by atoms with Crippen molar-refractivity contribution in [3.63, 3.8) is 0 Å². The van der Waals surface area contributed by atoms with Gasteiger partial charge in [0.05, 0.1) is 11.3 Å². The Morgan fingerprint density at radius 1 is 1.29 bits per heavy atom. The van der Waals surface area contributed by atoms with Gasteiger partial charge in [-0.1, -0.05) is 12.5 Å². The lowest BCUT2D eigenvalue weighted by atomic mass is 9.95. The van der Waals surface area contributed by atoms with Crippen LogP contribution in [-0.2, 0) is 0 Å². The molecule has 0 radical (unpaired) electrons. The van der Waals surface area contributed by atoms with E-state index in [1.54, 1.807) is 0 Å². The van der Waals surface area contributed by atoms with Gasteiger partial charge in [-0.2, -0.15) is 5.26 Å². The van der Waals surface area contributed by atoms with Crippen LogP contribution in [-0.4, -0.2) is 6.04 Å². The summed E-state index contributed by atoms with van der Waals surface area (Å²) in [6, 6.07) is 8.77. The fourth-order valence-corrected chi connectivity index (χ4v) is 3.83. The number of nitrogens with one attached hydrogen (secondary N) is 1. The molecule has 0 spiro atoms. The Kier molecular flexibility index (Phi) is 2.84. The Labute approximate surface area is 110 Å². The second kappa shape index (κ2) is 4.34. The van der Waals surface area contributed by atoms with Crippen LogP contribution < -0.4 is 5.32 Å². The van der Waals surface area contributed by atoms with Crippen molar-refractivity contribution in [2.45, 2.75) is 31.7 Å². The summed E-state index contributed by atoms with van der Waals surface area (Å²) in [6.45, 7) is 0. The topological polar surface area (TPSA) is 35.8 Å². The number of rotatable bonds is 2. The van der Waals surface area contributed by atoms with Crippen LogP contribution in [0.4, 0.5) is 5.69 Å². The fourth-order valence-electron chi connectivity index (χ4n) is 3.38. The highest BCUT2D eigenvalue weighted by atomic mass is 79.9. The van der Waals surface area contributed by atoms with Gasteiger partial charge in [-0.3, -0.25) is 0 Å². The quantitative estimate of drug-likeness (QED) is 0.896. The van der Waals surface area contributed by atoms with Crippen molar-refractivity contribution in [1.82, 2.24) is 0 Å². The van der Waals surface area contributed by atoms with Crippen molar-refractivity contribution in [2.24, 2.45) is 11.8 Å². The van der Waals surface area contributed by atoms with Crippen molar-refractivity contribution in [3.05, 3.63) is 28.2 Å². The minimum Gasteiger partial charge on any atom is -0.381 e. The third kappa shape index (κ3) is 1.95. The zero-order chi connectivity index (χ0) is 11.8. The zero-order valence-electron chi connectivity index (χ0n) is 9.62. The van der Waals surface area contributed by atoms with Crippen LogP contribution in [0.3, 0.4) is 0 Å². The van der Waals surface area contributed by atoms with Crippen LogP contribution in [0.15, 0.2) is 22.7 Å². The molecular weight excluding hydrogens is 276 g/mol. The van der Waals surface area contributed by atoms with Gasteiger partial charge in [0.25, 0.3) is 0 Å². The van der Waals surface area contributed by atoms with Gasteiger partial charge in [0.15, 0.2) is 0 Å². The molecule has 1 aromatic rings. The molecule has 0 heterocycles. The molecule has 2 fully saturated rings. The van der Waals surface area contributed by atoms with E-state index in [0.717, 1.165) is 27.6 Å². The number of nitriles is 1. The van der Waals surface area contributed by atoms with E-state index in [1.807, 2.05) is 18.2 Å². The first kappa shape index (κ1) is 11.1. The van der Waals surface area contributed by atoms with Crippen molar-refractivity contribution in [2.75, 3.05) is 5.32 Å². The molecular formula is C14H15BrN2. The molecule has 0 aromatic heterocycles. The summed E-state index contributed by atoms with van der Waals surface area (Å²) in [6.07, 6.45) is 5.43. The van der Waals surface area contributed by atoms with Gasteiger partial charge < -0.3 is 5.32 Å². The molecule has 0 saturated heterocycles. The molecule has 88 valence electrons. The SMILES string of the molecule is N#Cc1c(Br)cccc1NC1CC2CCC1C2. The van der Waals surface area contributed by atoms with E-state index < -0.39 is 0 Å². The maximum Gasteiger partial charge on any atom is 0.103 e. The fraction of sp³-hybridized carbons (Fsp3) is 0.500. The van der Waals surface area contributed by atoms with Gasteiger partial charge in [-0.15, -0.1) is 0 Å². The summed E-state index contributed by atoms with van der Waals surface area (Å²) in [5.41, 5.74) is 1.72. The maximum atomic E-state index is 9.19. The van der Waals surface area contributed by atoms with E-state index in [2.05, 4.69) is 27.3 Å². The Morgan fingerprint density at radius 3 is 2.82 bits per heavy atom. The summed E-state index contributed by atoms with van der Waals surface area (Å²) in [4.78, 5) is 0. The van der Waals surface area contributed by atoms with Crippen molar-refractivity contribution in [1.29, 1.82) is 5.26 Å². The molecule has 3 heteroatoms. The monoisotopic (exact) mass is 290 g/mol. The molecule has 2 aliphatic carbocycles. The van der Waals surface area contributed by atoms with Gasteiger partial charge in [0.2, 0.25) is 0 Å². The lowest BCUT2D eigenvalue weighted by molar-refractivity contribution is 0.439. The summed E-state index contributed by atoms with van der Waals surface area (Å²) >= 11 is 3.44. The molecule has 0 aliphatic heterocycles. The first-order valence-corrected chi connectivity index (χ1v) is 7.02. The number of nitrogens with zero attached hydrogens (tertiary/aromatic N) is 1. The molecule has 2 saturated carbocycles. The molecule has 1 N–H and O–H groups in total. The standard InChI is InChI=1S/C14H15BrN2/c15-12-2-1-3-13(11(12)8-16)17-14-7-9-4-5-10(14)6-9/h1-3,9-10,14,17H,4-7H2. The molecule has 0 amide bonds. The number of halogens is 1. The number of hydrogen-bond acceptors (Lipinski definition) is 2. The van der Waals surface area contributed by atoms with Crippen LogP contribution in [0.1, 0.15) is 31.2 Å². The molecule has 2 nitrogen and oxygen atoms in total. The number of hydrogen-bond donors (Lipinski definition) is 1. The van der Waals surface area contributed by atoms with E-state index in [1.165, 1.54) is 25.7 Å². The van der Waals surface area contributed by atoms with Crippen molar-refractivity contribution in [3.8, 4) is 6.07 Å². The molecule has 3 rings (SSSR count). The lowest BCUT2D eigenvalue weighted by Gasteiger charge is -2.24. The van der Waals surface area contributed by atoms with E-state index in [0.29, 0.717) is 6.04 Å². The smallest absolute Gasteiger partial charge is 0.103 e. The van der Waals surface area contributed by atoms with Gasteiger partial charge in [0.1, 0.15) is 6.07 Å². The predicted octanol–water partition coefficient (Wildman–Crippen LogP) is 3.92. The highest BCUT2D eigenvalue weighted by Gasteiger charge is 2.39. The highest BCUT2D eigenvalue weighted by molar-refractivity contribution is 9.10. The van der Waals surface area contributed by atoms with Crippen molar-refractivity contribution < 1.29 is 0 Å². The Morgan fingerprint density at radius 2 is 2.18 bits per heavy atom. The average molecular weight is 291 g/mol. The predicted molar refractivity (Wildman–Crippen MR) is 71.7 cm³/mol. The maximum absolute atomic E-state index is 9.19. The Bertz CT molecular complexity index is 478. The first-order chi connectivity index (χ1) is 8.28. The third-order valence-corrected chi connectivity index (χ3v) is 4.87. The van der Waals surface area contributed by atoms with Crippen LogP contribution in [0.25, 0.3) is 0 Å². The average Bonchev–Trinajstić information content (AvgIpc) is 2.91. The summed E-state index contributed by atoms with van der Waals surface area (Å²) in [5.74, 6) is 1.75. The summed E-state index contributed by atoms with van der Waals surface area (Å²) in [5, 5.41) is 12.8. The number of anilines is 1. The van der Waals surface area contributed by atoms with Gasteiger partial charge in [-0.05, 0) is 59.2 Å². The Balaban J connectivity index is 1.82. The van der Waals surface area contributed by atoms with Gasteiger partial charge in [-0.25, -0.2) is 0 Å². The van der Waals surface area contributed by atoms with E-state index in [4.69, 9.17) is 0 Å².